The molecule has 0 amide bonds. The van der Waals surface area contributed by atoms with E-state index in [-0.39, 0.29) is 31.1 Å². The van der Waals surface area contributed by atoms with Gasteiger partial charge in [0.15, 0.2) is 6.10 Å². The molecule has 0 aliphatic heterocycles. The molecule has 0 aromatic heterocycles. The van der Waals surface area contributed by atoms with E-state index >= 15 is 0 Å². The summed E-state index contributed by atoms with van der Waals surface area (Å²) in [6, 6.07) is 0. The van der Waals surface area contributed by atoms with E-state index in [1.165, 1.54) is 167 Å². The van der Waals surface area contributed by atoms with Gasteiger partial charge in [0, 0.05) is 19.3 Å². The van der Waals surface area contributed by atoms with E-state index in [4.69, 9.17) is 14.2 Å². The summed E-state index contributed by atoms with van der Waals surface area (Å²) in [5.41, 5.74) is 0. The van der Waals surface area contributed by atoms with Crippen LogP contribution in [0.25, 0.3) is 0 Å². The Bertz CT molecular complexity index is 1060. The molecular weight excluding hydrogens is 781 g/mol. The van der Waals surface area contributed by atoms with Crippen molar-refractivity contribution in [3.05, 3.63) is 36.5 Å². The minimum atomic E-state index is -0.777. The van der Waals surface area contributed by atoms with Gasteiger partial charge in [0.1, 0.15) is 13.2 Å². The summed E-state index contributed by atoms with van der Waals surface area (Å²) in [4.78, 5) is 38.0. The highest BCUT2D eigenvalue weighted by molar-refractivity contribution is 5.71. The number of unbranched alkanes of at least 4 members (excludes halogenated alkanes) is 33. The summed E-state index contributed by atoms with van der Waals surface area (Å²) in [6.45, 7) is 6.62. The van der Waals surface area contributed by atoms with Crippen molar-refractivity contribution in [3.63, 3.8) is 0 Å². The maximum Gasteiger partial charge on any atom is 0.306 e. The highest BCUT2D eigenvalue weighted by Gasteiger charge is 2.19. The van der Waals surface area contributed by atoms with Crippen LogP contribution in [0.15, 0.2) is 36.5 Å². The number of esters is 3. The molecule has 0 rings (SSSR count). The van der Waals surface area contributed by atoms with Crippen LogP contribution in [-0.4, -0.2) is 37.2 Å². The number of rotatable bonds is 50. The first-order chi connectivity index (χ1) is 31.0. The molecule has 1 atom stereocenters. The molecule has 0 radical (unpaired) electrons. The second-order valence-corrected chi connectivity index (χ2v) is 18.5. The number of ether oxygens (including phenoxy) is 3. The number of carbonyl (C=O) groups excluding carboxylic acids is 3. The topological polar surface area (TPSA) is 78.9 Å². The van der Waals surface area contributed by atoms with Crippen molar-refractivity contribution in [1.29, 1.82) is 0 Å². The lowest BCUT2D eigenvalue weighted by Gasteiger charge is -2.18. The Morgan fingerprint density at radius 3 is 0.921 bits per heavy atom. The summed E-state index contributed by atoms with van der Waals surface area (Å²) >= 11 is 0. The Morgan fingerprint density at radius 2 is 0.571 bits per heavy atom. The van der Waals surface area contributed by atoms with Crippen molar-refractivity contribution in [2.45, 2.75) is 297 Å². The third-order valence-corrected chi connectivity index (χ3v) is 12.1. The fourth-order valence-corrected chi connectivity index (χ4v) is 7.94. The molecule has 0 saturated carbocycles. The van der Waals surface area contributed by atoms with Crippen molar-refractivity contribution < 1.29 is 28.6 Å². The smallest absolute Gasteiger partial charge is 0.306 e. The van der Waals surface area contributed by atoms with Gasteiger partial charge in [0.05, 0.1) is 0 Å². The van der Waals surface area contributed by atoms with E-state index in [1.807, 2.05) is 0 Å². The van der Waals surface area contributed by atoms with E-state index in [9.17, 15) is 14.4 Å². The van der Waals surface area contributed by atoms with Crippen molar-refractivity contribution >= 4 is 17.9 Å². The Kier molecular flexibility index (Phi) is 50.3. The van der Waals surface area contributed by atoms with Crippen LogP contribution >= 0.6 is 0 Å². The van der Waals surface area contributed by atoms with Crippen LogP contribution < -0.4 is 0 Å². The zero-order valence-corrected chi connectivity index (χ0v) is 42.1. The summed E-state index contributed by atoms with van der Waals surface area (Å²) < 4.78 is 16.8. The molecule has 1 unspecified atom stereocenters. The van der Waals surface area contributed by atoms with Gasteiger partial charge in [0.2, 0.25) is 0 Å². The Labute approximate surface area is 391 Å². The SMILES string of the molecule is CCCCC/C=C/C/C=C/CCCCCCCC(=O)OCC(COC(=O)CCCCCCC/C=C/CCCCCCCC)OC(=O)CCCCCCCCCCCCCCCCC. The molecule has 0 heterocycles. The average molecular weight is 885 g/mol. The largest absolute Gasteiger partial charge is 0.462 e. The van der Waals surface area contributed by atoms with Crippen LogP contribution in [0.2, 0.25) is 0 Å². The third-order valence-electron chi connectivity index (χ3n) is 12.1. The predicted molar refractivity (Wildman–Crippen MR) is 270 cm³/mol. The maximum atomic E-state index is 12.8. The summed E-state index contributed by atoms with van der Waals surface area (Å²) in [5, 5.41) is 0. The molecule has 6 nitrogen and oxygen atoms in total. The molecule has 0 fully saturated rings. The van der Waals surface area contributed by atoms with Crippen LogP contribution in [0.5, 0.6) is 0 Å². The van der Waals surface area contributed by atoms with Gasteiger partial charge in [-0.25, -0.2) is 0 Å². The molecule has 0 saturated heterocycles. The maximum absolute atomic E-state index is 12.8. The number of hydrogen-bond acceptors (Lipinski definition) is 6. The highest BCUT2D eigenvalue weighted by Crippen LogP contribution is 2.16. The van der Waals surface area contributed by atoms with Crippen LogP contribution in [0, 0.1) is 0 Å². The first-order valence-corrected chi connectivity index (χ1v) is 27.5. The molecule has 63 heavy (non-hydrogen) atoms. The first kappa shape index (κ1) is 60.6. The van der Waals surface area contributed by atoms with E-state index in [1.54, 1.807) is 0 Å². The zero-order valence-electron chi connectivity index (χ0n) is 42.1. The van der Waals surface area contributed by atoms with Crippen LogP contribution in [0.1, 0.15) is 290 Å². The molecule has 0 aromatic rings. The van der Waals surface area contributed by atoms with Crippen molar-refractivity contribution in [2.75, 3.05) is 13.2 Å². The summed E-state index contributed by atoms with van der Waals surface area (Å²) in [5.74, 6) is -0.885. The lowest BCUT2D eigenvalue weighted by molar-refractivity contribution is -0.167. The van der Waals surface area contributed by atoms with Crippen LogP contribution in [0.4, 0.5) is 0 Å². The molecule has 0 N–H and O–H groups in total. The van der Waals surface area contributed by atoms with Gasteiger partial charge in [-0.3, -0.25) is 14.4 Å². The molecule has 0 aliphatic rings. The quantitative estimate of drug-likeness (QED) is 0.0262. The predicted octanol–water partition coefficient (Wildman–Crippen LogP) is 18.1. The lowest BCUT2D eigenvalue weighted by Crippen LogP contribution is -2.30. The Hall–Kier alpha value is -2.37. The monoisotopic (exact) mass is 885 g/mol. The highest BCUT2D eigenvalue weighted by atomic mass is 16.6. The molecule has 0 bridgehead atoms. The fraction of sp³-hybridized carbons (Fsp3) is 0.842. The summed E-state index contributed by atoms with van der Waals surface area (Å²) in [6.07, 6.45) is 61.2. The first-order valence-electron chi connectivity index (χ1n) is 27.5. The number of carbonyl (C=O) groups is 3. The third kappa shape index (κ3) is 50.5. The normalized spacial score (nSPS) is 12.2. The number of hydrogen-bond donors (Lipinski definition) is 0. The minimum absolute atomic E-state index is 0.0779. The second-order valence-electron chi connectivity index (χ2n) is 18.5. The van der Waals surface area contributed by atoms with Crippen LogP contribution in [0.3, 0.4) is 0 Å². The van der Waals surface area contributed by atoms with E-state index in [0.29, 0.717) is 19.3 Å². The van der Waals surface area contributed by atoms with Crippen molar-refractivity contribution in [3.8, 4) is 0 Å². The fourth-order valence-electron chi connectivity index (χ4n) is 7.94. The molecular formula is C57H104O6. The number of allylic oxidation sites excluding steroid dienone is 6. The molecule has 368 valence electrons. The lowest BCUT2D eigenvalue weighted by atomic mass is 10.0. The second kappa shape index (κ2) is 52.3. The van der Waals surface area contributed by atoms with Gasteiger partial charge in [0.25, 0.3) is 0 Å². The molecule has 0 spiro atoms. The van der Waals surface area contributed by atoms with E-state index in [2.05, 4.69) is 57.2 Å². The summed E-state index contributed by atoms with van der Waals surface area (Å²) in [7, 11) is 0. The Balaban J connectivity index is 4.38. The van der Waals surface area contributed by atoms with Gasteiger partial charge >= 0.3 is 17.9 Å². The molecule has 0 aromatic carbocycles. The van der Waals surface area contributed by atoms with E-state index in [0.717, 1.165) is 83.5 Å². The zero-order chi connectivity index (χ0) is 45.8. The molecule has 6 heteroatoms. The van der Waals surface area contributed by atoms with Gasteiger partial charge in [-0.2, -0.15) is 0 Å². The molecule has 0 aliphatic carbocycles. The van der Waals surface area contributed by atoms with Gasteiger partial charge < -0.3 is 14.2 Å². The average Bonchev–Trinajstić information content (AvgIpc) is 3.28. The van der Waals surface area contributed by atoms with Gasteiger partial charge in [-0.15, -0.1) is 0 Å². The standard InChI is InChI=1S/C57H104O6/c1-4-7-10-13-16-19-22-25-28-31-34-37-40-43-46-49-55(58)61-52-54(63-57(60)51-48-45-42-39-36-33-30-27-24-21-18-15-12-9-6-3)53-62-56(59)50-47-44-41-38-35-32-29-26-23-20-17-14-11-8-5-2/h16,19,25-26,28-29,54H,4-15,17-18,20-24,27,30-53H2,1-3H3/b19-16+,28-25+,29-26+. The van der Waals surface area contributed by atoms with Crippen LogP contribution in [-0.2, 0) is 28.6 Å². The minimum Gasteiger partial charge on any atom is -0.462 e. The van der Waals surface area contributed by atoms with E-state index < -0.39 is 6.10 Å². The Morgan fingerprint density at radius 1 is 0.317 bits per heavy atom. The van der Waals surface area contributed by atoms with Crippen molar-refractivity contribution in [1.82, 2.24) is 0 Å². The van der Waals surface area contributed by atoms with Crippen molar-refractivity contribution in [2.24, 2.45) is 0 Å². The van der Waals surface area contributed by atoms with Gasteiger partial charge in [-0.1, -0.05) is 231 Å². The van der Waals surface area contributed by atoms with Gasteiger partial charge in [-0.05, 0) is 77.0 Å².